The van der Waals surface area contributed by atoms with Crippen LogP contribution in [0.5, 0.6) is 0 Å². The molecule has 9 heteroatoms. The summed E-state index contributed by atoms with van der Waals surface area (Å²) in [6.07, 6.45) is 0. The molecule has 0 saturated heterocycles. The Kier molecular flexibility index (Phi) is 5.24. The monoisotopic (exact) mass is 392 g/mol. The van der Waals surface area contributed by atoms with E-state index in [2.05, 4.69) is 26.5 Å². The van der Waals surface area contributed by atoms with Crippen LogP contribution in [0.3, 0.4) is 0 Å². The number of hydrogen-bond donors (Lipinski definition) is 1. The molecule has 8 nitrogen and oxygen atoms in total. The fraction of sp³-hybridized carbons (Fsp3) is 0.133. The highest BCUT2D eigenvalue weighted by molar-refractivity contribution is 9.10. The van der Waals surface area contributed by atoms with Gasteiger partial charge in [0.05, 0.1) is 21.6 Å². The van der Waals surface area contributed by atoms with Gasteiger partial charge in [0.25, 0.3) is 5.69 Å². The standard InChI is InChI=1S/C15H13BrN4O4/c1-9-3-5-13(16)12(7-9)10(2)17-18-14-6-4-11(19(21)22)8-15(14)20(23)24/h3-8,18H,1-2H3/b17-10-. The molecule has 0 aromatic heterocycles. The maximum atomic E-state index is 11.1. The van der Waals surface area contributed by atoms with Crippen molar-refractivity contribution in [2.45, 2.75) is 13.8 Å². The number of hydrogen-bond acceptors (Lipinski definition) is 6. The summed E-state index contributed by atoms with van der Waals surface area (Å²) in [6, 6.07) is 9.10. The molecule has 2 aromatic carbocycles. The summed E-state index contributed by atoms with van der Waals surface area (Å²) in [5.74, 6) is 0. The van der Waals surface area contributed by atoms with Crippen LogP contribution in [0.1, 0.15) is 18.1 Å². The summed E-state index contributed by atoms with van der Waals surface area (Å²) in [5, 5.41) is 26.0. The second-order valence-electron chi connectivity index (χ2n) is 5.01. The molecule has 0 radical (unpaired) electrons. The minimum Gasteiger partial charge on any atom is -0.271 e. The molecule has 0 amide bonds. The number of nitro benzene ring substituents is 2. The van der Waals surface area contributed by atoms with E-state index in [1.54, 1.807) is 6.92 Å². The minimum absolute atomic E-state index is 0.0775. The molecular weight excluding hydrogens is 380 g/mol. The van der Waals surface area contributed by atoms with E-state index in [9.17, 15) is 20.2 Å². The van der Waals surface area contributed by atoms with Gasteiger partial charge in [0.2, 0.25) is 0 Å². The molecule has 0 unspecified atom stereocenters. The van der Waals surface area contributed by atoms with Crippen LogP contribution in [-0.4, -0.2) is 15.6 Å². The van der Waals surface area contributed by atoms with Gasteiger partial charge < -0.3 is 0 Å². The average Bonchev–Trinajstić information content (AvgIpc) is 2.54. The summed E-state index contributed by atoms with van der Waals surface area (Å²) < 4.78 is 0.842. The lowest BCUT2D eigenvalue weighted by atomic mass is 10.1. The zero-order valence-electron chi connectivity index (χ0n) is 12.8. The molecule has 0 bridgehead atoms. The maximum absolute atomic E-state index is 11.1. The number of aryl methyl sites for hydroxylation is 1. The molecule has 0 fully saturated rings. The molecule has 2 aromatic rings. The summed E-state index contributed by atoms with van der Waals surface area (Å²) in [4.78, 5) is 20.5. The lowest BCUT2D eigenvalue weighted by Crippen LogP contribution is -2.03. The Morgan fingerprint density at radius 2 is 1.83 bits per heavy atom. The molecule has 124 valence electrons. The van der Waals surface area contributed by atoms with Crippen molar-refractivity contribution in [1.29, 1.82) is 0 Å². The third kappa shape index (κ3) is 3.93. The first kappa shape index (κ1) is 17.5. The van der Waals surface area contributed by atoms with Gasteiger partial charge in [-0.05, 0) is 32.0 Å². The van der Waals surface area contributed by atoms with E-state index in [0.717, 1.165) is 21.7 Å². The Hall–Kier alpha value is -2.81. The van der Waals surface area contributed by atoms with Gasteiger partial charge in [-0.2, -0.15) is 5.10 Å². The zero-order chi connectivity index (χ0) is 17.9. The fourth-order valence-corrected chi connectivity index (χ4v) is 2.53. The highest BCUT2D eigenvalue weighted by Gasteiger charge is 2.19. The Morgan fingerprint density at radius 1 is 1.12 bits per heavy atom. The van der Waals surface area contributed by atoms with Crippen LogP contribution >= 0.6 is 15.9 Å². The van der Waals surface area contributed by atoms with Crippen LogP contribution in [0.15, 0.2) is 46.0 Å². The topological polar surface area (TPSA) is 111 Å². The highest BCUT2D eigenvalue weighted by atomic mass is 79.9. The summed E-state index contributed by atoms with van der Waals surface area (Å²) in [7, 11) is 0. The summed E-state index contributed by atoms with van der Waals surface area (Å²) >= 11 is 3.43. The van der Waals surface area contributed by atoms with Crippen LogP contribution in [0.2, 0.25) is 0 Å². The van der Waals surface area contributed by atoms with E-state index in [4.69, 9.17) is 0 Å². The molecule has 0 spiro atoms. The van der Waals surface area contributed by atoms with E-state index in [1.165, 1.54) is 12.1 Å². The number of benzene rings is 2. The van der Waals surface area contributed by atoms with E-state index >= 15 is 0 Å². The van der Waals surface area contributed by atoms with Gasteiger partial charge in [-0.25, -0.2) is 0 Å². The van der Waals surface area contributed by atoms with Crippen molar-refractivity contribution in [1.82, 2.24) is 0 Å². The average molecular weight is 393 g/mol. The van der Waals surface area contributed by atoms with E-state index in [0.29, 0.717) is 5.71 Å². The molecule has 0 heterocycles. The number of nitro groups is 2. The number of halogens is 1. The number of non-ortho nitro benzene ring substituents is 1. The number of nitrogens with zero attached hydrogens (tertiary/aromatic N) is 3. The SMILES string of the molecule is C/C(=N/Nc1ccc([N+](=O)[O-])cc1[N+](=O)[O-])c1cc(C)ccc1Br. The largest absolute Gasteiger partial charge is 0.301 e. The van der Waals surface area contributed by atoms with Crippen LogP contribution in [0.4, 0.5) is 17.1 Å². The van der Waals surface area contributed by atoms with Crippen LogP contribution in [0, 0.1) is 27.2 Å². The summed E-state index contributed by atoms with van der Waals surface area (Å²) in [6.45, 7) is 3.70. The van der Waals surface area contributed by atoms with Gasteiger partial charge in [0, 0.05) is 16.1 Å². The Bertz CT molecular complexity index is 851. The van der Waals surface area contributed by atoms with Crippen molar-refractivity contribution in [3.8, 4) is 0 Å². The van der Waals surface area contributed by atoms with Crippen molar-refractivity contribution in [3.63, 3.8) is 0 Å². The van der Waals surface area contributed by atoms with E-state index < -0.39 is 15.5 Å². The predicted molar refractivity (Wildman–Crippen MR) is 94.5 cm³/mol. The quantitative estimate of drug-likeness (QED) is 0.460. The molecule has 0 saturated carbocycles. The molecular formula is C15H13BrN4O4. The number of nitrogens with one attached hydrogen (secondary N) is 1. The second-order valence-corrected chi connectivity index (χ2v) is 5.86. The molecule has 0 atom stereocenters. The highest BCUT2D eigenvalue weighted by Crippen LogP contribution is 2.29. The van der Waals surface area contributed by atoms with E-state index in [-0.39, 0.29) is 11.4 Å². The molecule has 24 heavy (non-hydrogen) atoms. The molecule has 1 N–H and O–H groups in total. The fourth-order valence-electron chi connectivity index (χ4n) is 2.00. The Labute approximate surface area is 145 Å². The van der Waals surface area contributed by atoms with Gasteiger partial charge in [-0.3, -0.25) is 25.7 Å². The van der Waals surface area contributed by atoms with Crippen molar-refractivity contribution >= 4 is 38.7 Å². The number of hydrazone groups is 1. The van der Waals surface area contributed by atoms with Gasteiger partial charge in [0.1, 0.15) is 5.69 Å². The molecule has 0 aliphatic heterocycles. The number of rotatable bonds is 5. The molecule has 0 aliphatic rings. The van der Waals surface area contributed by atoms with Crippen LogP contribution < -0.4 is 5.43 Å². The van der Waals surface area contributed by atoms with Crippen molar-refractivity contribution in [2.75, 3.05) is 5.43 Å². The lowest BCUT2D eigenvalue weighted by molar-refractivity contribution is -0.393. The van der Waals surface area contributed by atoms with Crippen molar-refractivity contribution in [2.24, 2.45) is 5.10 Å². The van der Waals surface area contributed by atoms with Gasteiger partial charge >= 0.3 is 5.69 Å². The van der Waals surface area contributed by atoms with Crippen LogP contribution in [-0.2, 0) is 0 Å². The third-order valence-electron chi connectivity index (χ3n) is 3.24. The normalized spacial score (nSPS) is 11.2. The first-order valence-corrected chi connectivity index (χ1v) is 7.58. The van der Waals surface area contributed by atoms with Crippen molar-refractivity contribution in [3.05, 3.63) is 72.2 Å². The summed E-state index contributed by atoms with van der Waals surface area (Å²) in [5.41, 5.74) is 4.42. The third-order valence-corrected chi connectivity index (χ3v) is 3.94. The Balaban J connectivity index is 2.35. The lowest BCUT2D eigenvalue weighted by Gasteiger charge is -2.07. The van der Waals surface area contributed by atoms with Gasteiger partial charge in [-0.1, -0.05) is 27.6 Å². The van der Waals surface area contributed by atoms with E-state index in [1.807, 2.05) is 25.1 Å². The molecule has 0 aliphatic carbocycles. The predicted octanol–water partition coefficient (Wildman–Crippen LogP) is 4.41. The first-order chi connectivity index (χ1) is 11.3. The minimum atomic E-state index is -0.692. The maximum Gasteiger partial charge on any atom is 0.301 e. The molecule has 2 rings (SSSR count). The Morgan fingerprint density at radius 3 is 2.46 bits per heavy atom. The van der Waals surface area contributed by atoms with Crippen LogP contribution in [0.25, 0.3) is 0 Å². The van der Waals surface area contributed by atoms with Gasteiger partial charge in [0.15, 0.2) is 0 Å². The van der Waals surface area contributed by atoms with Crippen molar-refractivity contribution < 1.29 is 9.85 Å². The van der Waals surface area contributed by atoms with Gasteiger partial charge in [-0.15, -0.1) is 0 Å². The number of anilines is 1. The second kappa shape index (κ2) is 7.18. The smallest absolute Gasteiger partial charge is 0.271 e. The first-order valence-electron chi connectivity index (χ1n) is 6.79. The zero-order valence-corrected chi connectivity index (χ0v) is 14.4.